The van der Waals surface area contributed by atoms with Crippen LogP contribution in [0.1, 0.15) is 58.6 Å². The quantitative estimate of drug-likeness (QED) is 0.326. The second-order valence-electron chi connectivity index (χ2n) is 9.54. The van der Waals surface area contributed by atoms with Crippen LogP contribution in [0.5, 0.6) is 5.75 Å². The Morgan fingerprint density at radius 2 is 1.83 bits per heavy atom. The summed E-state index contributed by atoms with van der Waals surface area (Å²) in [6.07, 6.45) is 7.72. The SMILES string of the molecule is CCc1ccccc1NC(=O)N1Cc2c(sc3c2CCCC3)-n2cccc2[C@H]1c1ccc(OC)cc1. The smallest absolute Gasteiger partial charge is 0.322 e. The number of nitrogens with zero attached hydrogens (tertiary/aromatic N) is 2. The molecule has 0 saturated heterocycles. The third-order valence-electron chi connectivity index (χ3n) is 7.51. The van der Waals surface area contributed by atoms with Crippen LogP contribution < -0.4 is 10.1 Å². The van der Waals surface area contributed by atoms with Crippen molar-refractivity contribution < 1.29 is 9.53 Å². The lowest BCUT2D eigenvalue weighted by Crippen LogP contribution is -2.38. The Bertz CT molecular complexity index is 1400. The number of aromatic nitrogens is 1. The van der Waals surface area contributed by atoms with Crippen molar-refractivity contribution >= 4 is 23.1 Å². The monoisotopic (exact) mass is 497 g/mol. The van der Waals surface area contributed by atoms with Crippen molar-refractivity contribution in [2.75, 3.05) is 12.4 Å². The molecule has 2 amide bonds. The molecule has 36 heavy (non-hydrogen) atoms. The number of carbonyl (C=O) groups is 1. The van der Waals surface area contributed by atoms with Crippen molar-refractivity contribution in [1.29, 1.82) is 0 Å². The zero-order valence-corrected chi connectivity index (χ0v) is 21.6. The molecule has 6 rings (SSSR count). The standard InChI is InChI=1S/C30H31N3O2S/c1-3-20-9-4-6-11-25(20)31-30(34)33-19-24-23-10-5-7-13-27(23)36-29(24)32-18-8-12-26(32)28(33)21-14-16-22(35-2)17-15-21/h4,6,8-9,11-12,14-18,28H,3,5,7,10,13,19H2,1-2H3,(H,31,34)/t28-/m1/s1. The molecule has 4 aromatic rings. The third-order valence-corrected chi connectivity index (χ3v) is 8.84. The molecule has 3 heterocycles. The van der Waals surface area contributed by atoms with Gasteiger partial charge < -0.3 is 19.5 Å². The Hall–Kier alpha value is -3.51. The summed E-state index contributed by atoms with van der Waals surface area (Å²) in [4.78, 5) is 17.6. The molecular formula is C30H31N3O2S. The number of methoxy groups -OCH3 is 1. The van der Waals surface area contributed by atoms with Gasteiger partial charge in [-0.25, -0.2) is 4.79 Å². The molecule has 0 bridgehead atoms. The van der Waals surface area contributed by atoms with Crippen LogP contribution in [-0.4, -0.2) is 22.6 Å². The van der Waals surface area contributed by atoms with Crippen LogP contribution >= 0.6 is 11.3 Å². The minimum atomic E-state index is -0.224. The summed E-state index contributed by atoms with van der Waals surface area (Å²) in [5.41, 5.74) is 6.96. The first-order valence-corrected chi connectivity index (χ1v) is 13.6. The highest BCUT2D eigenvalue weighted by molar-refractivity contribution is 7.15. The fraction of sp³-hybridized carbons (Fsp3) is 0.300. The number of thiophene rings is 1. The number of aryl methyl sites for hydroxylation is 2. The second-order valence-corrected chi connectivity index (χ2v) is 10.6. The van der Waals surface area contributed by atoms with E-state index < -0.39 is 0 Å². The number of urea groups is 1. The highest BCUT2D eigenvalue weighted by atomic mass is 32.1. The summed E-state index contributed by atoms with van der Waals surface area (Å²) in [6, 6.07) is 20.2. The molecule has 184 valence electrons. The Morgan fingerprint density at radius 3 is 2.64 bits per heavy atom. The molecule has 1 aliphatic carbocycles. The third kappa shape index (κ3) is 3.90. The maximum atomic E-state index is 14.1. The van der Waals surface area contributed by atoms with E-state index in [-0.39, 0.29) is 12.1 Å². The van der Waals surface area contributed by atoms with Crippen molar-refractivity contribution in [3.8, 4) is 10.8 Å². The molecule has 0 spiro atoms. The Kier molecular flexibility index (Phi) is 6.05. The lowest BCUT2D eigenvalue weighted by molar-refractivity contribution is 0.194. The minimum absolute atomic E-state index is 0.0759. The highest BCUT2D eigenvalue weighted by Crippen LogP contribution is 2.44. The van der Waals surface area contributed by atoms with E-state index in [0.29, 0.717) is 6.54 Å². The first kappa shape index (κ1) is 22.9. The predicted octanol–water partition coefficient (Wildman–Crippen LogP) is 7.13. The molecule has 5 nitrogen and oxygen atoms in total. The van der Waals surface area contributed by atoms with Crippen molar-refractivity contribution in [3.05, 3.63) is 99.7 Å². The normalized spacial score (nSPS) is 16.5. The van der Waals surface area contributed by atoms with Gasteiger partial charge in [-0.3, -0.25) is 0 Å². The molecule has 2 aromatic heterocycles. The number of hydrogen-bond donors (Lipinski definition) is 1. The predicted molar refractivity (Wildman–Crippen MR) is 146 cm³/mol. The maximum absolute atomic E-state index is 14.1. The number of benzene rings is 2. The molecule has 2 aromatic carbocycles. The highest BCUT2D eigenvalue weighted by Gasteiger charge is 2.36. The average molecular weight is 498 g/mol. The summed E-state index contributed by atoms with van der Waals surface area (Å²) >= 11 is 1.91. The van der Waals surface area contributed by atoms with E-state index in [1.807, 2.05) is 46.6 Å². The van der Waals surface area contributed by atoms with Gasteiger partial charge in [0.25, 0.3) is 0 Å². The van der Waals surface area contributed by atoms with Crippen LogP contribution in [0.2, 0.25) is 0 Å². The fourth-order valence-corrected chi connectivity index (χ4v) is 7.07. The summed E-state index contributed by atoms with van der Waals surface area (Å²) in [6.45, 7) is 2.70. The maximum Gasteiger partial charge on any atom is 0.322 e. The average Bonchev–Trinajstić information content (AvgIpc) is 3.51. The number of rotatable bonds is 4. The summed E-state index contributed by atoms with van der Waals surface area (Å²) in [7, 11) is 1.68. The van der Waals surface area contributed by atoms with E-state index in [2.05, 4.69) is 53.3 Å². The lowest BCUT2D eigenvalue weighted by atomic mass is 9.95. The van der Waals surface area contributed by atoms with E-state index in [4.69, 9.17) is 4.74 Å². The summed E-state index contributed by atoms with van der Waals surface area (Å²) < 4.78 is 7.74. The Morgan fingerprint density at radius 1 is 1.03 bits per heavy atom. The molecule has 0 fully saturated rings. The van der Waals surface area contributed by atoms with Crippen LogP contribution in [0, 0.1) is 0 Å². The molecular weight excluding hydrogens is 466 g/mol. The molecule has 0 saturated carbocycles. The number of anilines is 1. The Labute approximate surface area is 216 Å². The second kappa shape index (κ2) is 9.51. The van der Waals surface area contributed by atoms with Gasteiger partial charge in [0.15, 0.2) is 0 Å². The lowest BCUT2D eigenvalue weighted by Gasteiger charge is -2.32. The number of hydrogen-bond acceptors (Lipinski definition) is 3. The van der Waals surface area contributed by atoms with Gasteiger partial charge >= 0.3 is 6.03 Å². The first-order valence-electron chi connectivity index (χ1n) is 12.8. The molecule has 0 unspecified atom stereocenters. The van der Waals surface area contributed by atoms with Crippen molar-refractivity contribution in [1.82, 2.24) is 9.47 Å². The first-order chi connectivity index (χ1) is 17.7. The van der Waals surface area contributed by atoms with E-state index in [9.17, 15) is 4.79 Å². The van der Waals surface area contributed by atoms with Gasteiger partial charge in [0.2, 0.25) is 0 Å². The zero-order valence-electron chi connectivity index (χ0n) is 20.8. The molecule has 6 heteroatoms. The van der Waals surface area contributed by atoms with Crippen LogP contribution in [0.15, 0.2) is 66.9 Å². The molecule has 1 aliphatic heterocycles. The van der Waals surface area contributed by atoms with E-state index >= 15 is 0 Å². The van der Waals surface area contributed by atoms with Gasteiger partial charge in [-0.05, 0) is 79.1 Å². The van der Waals surface area contributed by atoms with Crippen molar-refractivity contribution in [2.45, 2.75) is 51.6 Å². The van der Waals surface area contributed by atoms with E-state index in [1.54, 1.807) is 7.11 Å². The number of nitrogens with one attached hydrogen (secondary N) is 1. The molecule has 1 atom stereocenters. The van der Waals surface area contributed by atoms with Gasteiger partial charge in [0.05, 0.1) is 25.4 Å². The van der Waals surface area contributed by atoms with Crippen LogP contribution in [0.25, 0.3) is 5.00 Å². The molecule has 2 aliphatic rings. The van der Waals surface area contributed by atoms with Crippen LogP contribution in [0.4, 0.5) is 10.5 Å². The van der Waals surface area contributed by atoms with E-state index in [0.717, 1.165) is 47.5 Å². The fourth-order valence-electron chi connectivity index (χ4n) is 5.66. The summed E-state index contributed by atoms with van der Waals surface area (Å²) in [5.74, 6) is 0.809. The largest absolute Gasteiger partial charge is 0.497 e. The topological polar surface area (TPSA) is 46.5 Å². The molecule has 0 radical (unpaired) electrons. The van der Waals surface area contributed by atoms with Gasteiger partial charge in [0, 0.05) is 22.3 Å². The summed E-state index contributed by atoms with van der Waals surface area (Å²) in [5, 5.41) is 4.53. The number of amides is 2. The van der Waals surface area contributed by atoms with Gasteiger partial charge in [0.1, 0.15) is 10.8 Å². The van der Waals surface area contributed by atoms with Gasteiger partial charge in [-0.15, -0.1) is 11.3 Å². The number of ether oxygens (including phenoxy) is 1. The number of para-hydroxylation sites is 1. The minimum Gasteiger partial charge on any atom is -0.497 e. The number of carbonyl (C=O) groups excluding carboxylic acids is 1. The molecule has 1 N–H and O–H groups in total. The van der Waals surface area contributed by atoms with Gasteiger partial charge in [-0.2, -0.15) is 0 Å². The van der Waals surface area contributed by atoms with Crippen molar-refractivity contribution in [3.63, 3.8) is 0 Å². The van der Waals surface area contributed by atoms with Gasteiger partial charge in [-0.1, -0.05) is 37.3 Å². The van der Waals surface area contributed by atoms with E-state index in [1.165, 1.54) is 33.8 Å². The Balaban J connectivity index is 1.49. The number of fused-ring (bicyclic) bond motifs is 5. The van der Waals surface area contributed by atoms with Crippen LogP contribution in [0.3, 0.4) is 0 Å². The zero-order chi connectivity index (χ0) is 24.6. The van der Waals surface area contributed by atoms with Crippen molar-refractivity contribution in [2.24, 2.45) is 0 Å². The van der Waals surface area contributed by atoms with Crippen LogP contribution in [-0.2, 0) is 25.8 Å².